The maximum Gasteiger partial charge on any atom is 0.252 e. The van der Waals surface area contributed by atoms with Crippen molar-refractivity contribution in [2.75, 3.05) is 33.4 Å². The van der Waals surface area contributed by atoms with Crippen molar-refractivity contribution in [3.05, 3.63) is 33.2 Å². The van der Waals surface area contributed by atoms with Gasteiger partial charge in [0.15, 0.2) is 0 Å². The number of fused-ring (bicyclic) bond motifs is 1. The number of nitrogens with zero attached hydrogens (tertiary/aromatic N) is 1. The van der Waals surface area contributed by atoms with Gasteiger partial charge in [0, 0.05) is 51.0 Å². The molecule has 0 unspecified atom stereocenters. The fourth-order valence-electron chi connectivity index (χ4n) is 2.41. The molecule has 2 heterocycles. The van der Waals surface area contributed by atoms with Crippen LogP contribution in [0.15, 0.2) is 10.9 Å². The molecule has 0 saturated carbocycles. The van der Waals surface area contributed by atoms with Gasteiger partial charge < -0.3 is 15.0 Å². The first kappa shape index (κ1) is 14.2. The van der Waals surface area contributed by atoms with Crippen LogP contribution in [0, 0.1) is 0 Å². The summed E-state index contributed by atoms with van der Waals surface area (Å²) < 4.78 is 4.97. The molecule has 0 saturated heterocycles. The number of likely N-dealkylation sites (N-methyl/N-ethyl adjacent to an activating group) is 1. The Balaban J connectivity index is 2.06. The molecule has 106 valence electrons. The Hall–Kier alpha value is -1.17. The zero-order chi connectivity index (χ0) is 13.7. The number of hydrogen-bond acceptors (Lipinski definition) is 4. The van der Waals surface area contributed by atoms with E-state index in [1.807, 2.05) is 0 Å². The standard InChI is InChI=1S/C14H23N3O2/c1-3-17-6-4-13-12(10-17)8-11(14(18)16-13)9-15-5-7-19-2/h8,15H,3-7,9-10H2,1-2H3,(H,16,18). The summed E-state index contributed by atoms with van der Waals surface area (Å²) in [4.78, 5) is 17.4. The van der Waals surface area contributed by atoms with E-state index in [0.29, 0.717) is 13.2 Å². The average molecular weight is 265 g/mol. The van der Waals surface area contributed by atoms with Crippen LogP contribution < -0.4 is 10.9 Å². The molecule has 2 rings (SSSR count). The second-order valence-corrected chi connectivity index (χ2v) is 4.92. The van der Waals surface area contributed by atoms with Gasteiger partial charge in [0.05, 0.1) is 6.61 Å². The van der Waals surface area contributed by atoms with E-state index < -0.39 is 0 Å². The van der Waals surface area contributed by atoms with Crippen molar-refractivity contribution < 1.29 is 4.74 Å². The van der Waals surface area contributed by atoms with Gasteiger partial charge in [-0.2, -0.15) is 0 Å². The molecule has 1 aliphatic rings. The lowest BCUT2D eigenvalue weighted by molar-refractivity contribution is 0.199. The van der Waals surface area contributed by atoms with Gasteiger partial charge in [-0.3, -0.25) is 9.69 Å². The van der Waals surface area contributed by atoms with Crippen molar-refractivity contribution in [1.29, 1.82) is 0 Å². The van der Waals surface area contributed by atoms with Crippen LogP contribution in [0.3, 0.4) is 0 Å². The monoisotopic (exact) mass is 265 g/mol. The molecule has 1 aromatic rings. The molecule has 0 aliphatic carbocycles. The third kappa shape index (κ3) is 3.65. The highest BCUT2D eigenvalue weighted by molar-refractivity contribution is 5.27. The van der Waals surface area contributed by atoms with Crippen molar-refractivity contribution in [2.24, 2.45) is 0 Å². The van der Waals surface area contributed by atoms with Crippen LogP contribution in [0.5, 0.6) is 0 Å². The molecule has 1 aliphatic heterocycles. The molecular weight excluding hydrogens is 242 g/mol. The van der Waals surface area contributed by atoms with Crippen molar-refractivity contribution in [3.8, 4) is 0 Å². The molecule has 5 nitrogen and oxygen atoms in total. The molecule has 0 spiro atoms. The Morgan fingerprint density at radius 3 is 3.11 bits per heavy atom. The van der Waals surface area contributed by atoms with Crippen molar-refractivity contribution in [1.82, 2.24) is 15.2 Å². The second-order valence-electron chi connectivity index (χ2n) is 4.92. The topological polar surface area (TPSA) is 57.4 Å². The number of aromatic amines is 1. The summed E-state index contributed by atoms with van der Waals surface area (Å²) in [5.41, 5.74) is 3.22. The van der Waals surface area contributed by atoms with E-state index in [1.165, 1.54) is 5.56 Å². The number of H-pyrrole nitrogens is 1. The molecular formula is C14H23N3O2. The lowest BCUT2D eigenvalue weighted by atomic mass is 10.0. The number of hydrogen-bond donors (Lipinski definition) is 2. The first-order valence-corrected chi connectivity index (χ1v) is 6.90. The Morgan fingerprint density at radius 1 is 1.53 bits per heavy atom. The van der Waals surface area contributed by atoms with E-state index in [0.717, 1.165) is 43.9 Å². The fraction of sp³-hybridized carbons (Fsp3) is 0.643. The highest BCUT2D eigenvalue weighted by Crippen LogP contribution is 2.16. The predicted octanol–water partition coefficient (Wildman–Crippen LogP) is 0.489. The van der Waals surface area contributed by atoms with Crippen LogP contribution in [-0.4, -0.2) is 43.2 Å². The minimum Gasteiger partial charge on any atom is -0.383 e. The summed E-state index contributed by atoms with van der Waals surface area (Å²) in [6.45, 7) is 7.21. The van der Waals surface area contributed by atoms with Crippen LogP contribution in [0.4, 0.5) is 0 Å². The third-order valence-corrected chi connectivity index (χ3v) is 3.61. The quantitative estimate of drug-likeness (QED) is 0.735. The van der Waals surface area contributed by atoms with Crippen LogP contribution in [-0.2, 0) is 24.2 Å². The Labute approximate surface area is 114 Å². The highest BCUT2D eigenvalue weighted by atomic mass is 16.5. The summed E-state index contributed by atoms with van der Waals surface area (Å²) in [5, 5.41) is 3.22. The maximum absolute atomic E-state index is 12.0. The Kier molecular flexibility index (Phi) is 5.13. The number of ether oxygens (including phenoxy) is 1. The molecule has 2 N–H and O–H groups in total. The average Bonchev–Trinajstić information content (AvgIpc) is 2.43. The molecule has 0 atom stereocenters. The Morgan fingerprint density at radius 2 is 2.37 bits per heavy atom. The number of methoxy groups -OCH3 is 1. The van der Waals surface area contributed by atoms with Gasteiger partial charge in [0.1, 0.15) is 0 Å². The maximum atomic E-state index is 12.0. The largest absolute Gasteiger partial charge is 0.383 e. The highest BCUT2D eigenvalue weighted by Gasteiger charge is 2.16. The molecule has 0 aromatic carbocycles. The SMILES string of the molecule is CCN1CCc2[nH]c(=O)c(CNCCOC)cc2C1. The molecule has 1 aromatic heterocycles. The van der Waals surface area contributed by atoms with E-state index in [-0.39, 0.29) is 5.56 Å². The van der Waals surface area contributed by atoms with Gasteiger partial charge in [-0.05, 0) is 18.2 Å². The van der Waals surface area contributed by atoms with E-state index in [4.69, 9.17) is 4.74 Å². The third-order valence-electron chi connectivity index (χ3n) is 3.61. The zero-order valence-electron chi connectivity index (χ0n) is 11.8. The van der Waals surface area contributed by atoms with E-state index >= 15 is 0 Å². The van der Waals surface area contributed by atoms with Crippen LogP contribution in [0.2, 0.25) is 0 Å². The normalized spacial score (nSPS) is 15.5. The first-order chi connectivity index (χ1) is 9.24. The molecule has 0 bridgehead atoms. The number of rotatable bonds is 6. The van der Waals surface area contributed by atoms with Crippen molar-refractivity contribution >= 4 is 0 Å². The van der Waals surface area contributed by atoms with Crippen LogP contribution in [0.25, 0.3) is 0 Å². The summed E-state index contributed by atoms with van der Waals surface area (Å²) in [7, 11) is 1.67. The van der Waals surface area contributed by atoms with Gasteiger partial charge in [-0.1, -0.05) is 6.92 Å². The van der Waals surface area contributed by atoms with E-state index in [9.17, 15) is 4.79 Å². The van der Waals surface area contributed by atoms with Crippen LogP contribution in [0.1, 0.15) is 23.7 Å². The lowest BCUT2D eigenvalue weighted by Gasteiger charge is -2.27. The summed E-state index contributed by atoms with van der Waals surface area (Å²) in [5.74, 6) is 0. The molecule has 0 radical (unpaired) electrons. The number of nitrogens with one attached hydrogen (secondary N) is 2. The summed E-state index contributed by atoms with van der Waals surface area (Å²) in [6.07, 6.45) is 0.940. The lowest BCUT2D eigenvalue weighted by Crippen LogP contribution is -2.33. The van der Waals surface area contributed by atoms with Gasteiger partial charge in [-0.25, -0.2) is 0 Å². The fourth-order valence-corrected chi connectivity index (χ4v) is 2.41. The number of aromatic nitrogens is 1. The van der Waals surface area contributed by atoms with Gasteiger partial charge in [0.25, 0.3) is 5.56 Å². The Bertz CT molecular complexity index is 470. The van der Waals surface area contributed by atoms with Crippen LogP contribution >= 0.6 is 0 Å². The van der Waals surface area contributed by atoms with E-state index in [1.54, 1.807) is 7.11 Å². The molecule has 5 heteroatoms. The molecule has 0 amide bonds. The zero-order valence-corrected chi connectivity index (χ0v) is 11.8. The second kappa shape index (κ2) is 6.84. The van der Waals surface area contributed by atoms with Gasteiger partial charge >= 0.3 is 0 Å². The summed E-state index contributed by atoms with van der Waals surface area (Å²) in [6, 6.07) is 2.05. The van der Waals surface area contributed by atoms with Gasteiger partial charge in [-0.15, -0.1) is 0 Å². The molecule has 0 fully saturated rings. The first-order valence-electron chi connectivity index (χ1n) is 6.90. The minimum atomic E-state index is 0.0358. The summed E-state index contributed by atoms with van der Waals surface area (Å²) >= 11 is 0. The van der Waals surface area contributed by atoms with E-state index in [2.05, 4.69) is 28.2 Å². The predicted molar refractivity (Wildman–Crippen MR) is 75.3 cm³/mol. The molecule has 19 heavy (non-hydrogen) atoms. The van der Waals surface area contributed by atoms with Gasteiger partial charge in [0.2, 0.25) is 0 Å². The van der Waals surface area contributed by atoms with Crippen molar-refractivity contribution in [3.63, 3.8) is 0 Å². The smallest absolute Gasteiger partial charge is 0.252 e. The van der Waals surface area contributed by atoms with Crippen molar-refractivity contribution in [2.45, 2.75) is 26.4 Å². The minimum absolute atomic E-state index is 0.0358. The number of pyridine rings is 1.